The molecule has 0 saturated carbocycles. The van der Waals surface area contributed by atoms with Gasteiger partial charge in [-0.15, -0.1) is 10.2 Å². The Morgan fingerprint density at radius 1 is 1.50 bits per heavy atom. The molecule has 0 radical (unpaired) electrons. The van der Waals surface area contributed by atoms with Gasteiger partial charge in [0.1, 0.15) is 5.69 Å². The van der Waals surface area contributed by atoms with E-state index in [0.29, 0.717) is 0 Å². The highest BCUT2D eigenvalue weighted by Gasteiger charge is 2.13. The van der Waals surface area contributed by atoms with E-state index in [9.17, 15) is 4.79 Å². The molecule has 2 aromatic rings. The summed E-state index contributed by atoms with van der Waals surface area (Å²) in [7, 11) is 1.37. The fourth-order valence-corrected chi connectivity index (χ4v) is 3.24. The number of aromatic nitrogens is 4. The minimum absolute atomic E-state index is 0.244. The number of thioether (sulfide) groups is 1. The first kappa shape index (κ1) is 15.0. The molecule has 6 nitrogen and oxygen atoms in total. The third kappa shape index (κ3) is 3.57. The summed E-state index contributed by atoms with van der Waals surface area (Å²) in [6.45, 7) is 5.04. The van der Waals surface area contributed by atoms with Gasteiger partial charge in [0.25, 0.3) is 0 Å². The van der Waals surface area contributed by atoms with Crippen LogP contribution in [0.5, 0.6) is 0 Å². The molecule has 2 aromatic heterocycles. The van der Waals surface area contributed by atoms with Crippen LogP contribution in [-0.4, -0.2) is 38.8 Å². The van der Waals surface area contributed by atoms with E-state index in [1.165, 1.54) is 30.2 Å². The second kappa shape index (κ2) is 6.85. The minimum atomic E-state index is -0.269. The van der Waals surface area contributed by atoms with Crippen molar-refractivity contribution in [3.8, 4) is 10.7 Å². The van der Waals surface area contributed by atoms with Crippen molar-refractivity contribution in [3.63, 3.8) is 0 Å². The van der Waals surface area contributed by atoms with Crippen molar-refractivity contribution in [1.82, 2.24) is 20.0 Å². The molecule has 0 unspecified atom stereocenters. The van der Waals surface area contributed by atoms with Crippen LogP contribution >= 0.6 is 23.1 Å². The van der Waals surface area contributed by atoms with Gasteiger partial charge in [-0.2, -0.15) is 5.10 Å². The van der Waals surface area contributed by atoms with E-state index in [4.69, 9.17) is 0 Å². The van der Waals surface area contributed by atoms with Gasteiger partial charge < -0.3 is 4.74 Å². The van der Waals surface area contributed by atoms with E-state index >= 15 is 0 Å². The molecule has 0 amide bonds. The van der Waals surface area contributed by atoms with Gasteiger partial charge in [0, 0.05) is 12.2 Å². The number of hydrogen-bond acceptors (Lipinski definition) is 7. The lowest BCUT2D eigenvalue weighted by molar-refractivity contribution is -0.137. The molecule has 2 rings (SSSR count). The molecule has 0 fully saturated rings. The number of hydrogen-bond donors (Lipinski definition) is 0. The Kier molecular flexibility index (Phi) is 5.13. The Morgan fingerprint density at radius 2 is 2.30 bits per heavy atom. The van der Waals surface area contributed by atoms with Crippen molar-refractivity contribution >= 4 is 29.1 Å². The molecule has 20 heavy (non-hydrogen) atoms. The maximum atomic E-state index is 11.1. The third-order valence-electron chi connectivity index (χ3n) is 2.58. The van der Waals surface area contributed by atoms with E-state index in [1.807, 2.05) is 17.7 Å². The number of esters is 1. The normalized spacial score (nSPS) is 10.8. The first-order valence-corrected chi connectivity index (χ1v) is 8.02. The molecule has 8 heteroatoms. The van der Waals surface area contributed by atoms with Gasteiger partial charge in [-0.1, -0.05) is 30.0 Å². The molecule has 0 N–H and O–H groups in total. The van der Waals surface area contributed by atoms with Crippen LogP contribution in [0, 0.1) is 6.92 Å². The number of methoxy groups -OCH3 is 1. The quantitative estimate of drug-likeness (QED) is 0.602. The van der Waals surface area contributed by atoms with E-state index in [-0.39, 0.29) is 11.7 Å². The van der Waals surface area contributed by atoms with E-state index in [0.717, 1.165) is 33.7 Å². The van der Waals surface area contributed by atoms with Crippen molar-refractivity contribution in [1.29, 1.82) is 0 Å². The number of ether oxygens (including phenoxy) is 1. The first-order valence-electron chi connectivity index (χ1n) is 6.22. The van der Waals surface area contributed by atoms with E-state index in [1.54, 1.807) is 0 Å². The molecule has 0 aliphatic rings. The summed E-state index contributed by atoms with van der Waals surface area (Å²) in [6.07, 6.45) is 1.04. The number of aryl methyl sites for hydroxylation is 2. The maximum Gasteiger partial charge on any atom is 0.316 e. The number of carbonyl (C=O) groups is 1. The van der Waals surface area contributed by atoms with Gasteiger partial charge in [0.2, 0.25) is 0 Å². The largest absolute Gasteiger partial charge is 0.468 e. The second-order valence-electron chi connectivity index (χ2n) is 4.13. The summed E-state index contributed by atoms with van der Waals surface area (Å²) in [6, 6.07) is 2.00. The van der Waals surface area contributed by atoms with Gasteiger partial charge in [-0.3, -0.25) is 9.48 Å². The second-order valence-corrected chi connectivity index (χ2v) is 6.33. The smallest absolute Gasteiger partial charge is 0.316 e. The van der Waals surface area contributed by atoms with Crippen molar-refractivity contribution in [2.45, 2.75) is 31.2 Å². The van der Waals surface area contributed by atoms with Crippen LogP contribution in [0.1, 0.15) is 19.0 Å². The minimum Gasteiger partial charge on any atom is -0.468 e. The lowest BCUT2D eigenvalue weighted by atomic mass is 10.4. The Morgan fingerprint density at radius 3 is 3.00 bits per heavy atom. The molecule has 0 spiro atoms. The fraction of sp³-hybridized carbons (Fsp3) is 0.500. The summed E-state index contributed by atoms with van der Waals surface area (Å²) >= 11 is 2.76. The monoisotopic (exact) mass is 312 g/mol. The maximum absolute atomic E-state index is 11.1. The SMILES string of the molecule is CCCn1nc(-c2nnc(SCC(=O)OC)s2)cc1C. The lowest BCUT2D eigenvalue weighted by Crippen LogP contribution is -2.02. The average molecular weight is 312 g/mol. The topological polar surface area (TPSA) is 69.9 Å². The van der Waals surface area contributed by atoms with Crippen LogP contribution in [0.4, 0.5) is 0 Å². The van der Waals surface area contributed by atoms with Crippen LogP contribution in [0.15, 0.2) is 10.4 Å². The molecule has 0 aromatic carbocycles. The Labute approximate surface area is 125 Å². The van der Waals surface area contributed by atoms with E-state index < -0.39 is 0 Å². The molecular weight excluding hydrogens is 296 g/mol. The first-order chi connectivity index (χ1) is 9.63. The zero-order valence-electron chi connectivity index (χ0n) is 11.6. The summed E-state index contributed by atoms with van der Waals surface area (Å²) in [5, 5.41) is 13.5. The third-order valence-corrected chi connectivity index (χ3v) is 4.64. The zero-order chi connectivity index (χ0) is 14.5. The Balaban J connectivity index is 2.08. The Hall–Kier alpha value is -1.41. The number of rotatable bonds is 6. The molecule has 108 valence electrons. The Bertz CT molecular complexity index is 594. The highest BCUT2D eigenvalue weighted by Crippen LogP contribution is 2.29. The van der Waals surface area contributed by atoms with Crippen LogP contribution in [0.3, 0.4) is 0 Å². The van der Waals surface area contributed by atoms with Crippen molar-refractivity contribution in [2.24, 2.45) is 0 Å². The van der Waals surface area contributed by atoms with Crippen LogP contribution in [0.2, 0.25) is 0 Å². The predicted octanol–water partition coefficient (Wildman–Crippen LogP) is 2.39. The van der Waals surface area contributed by atoms with Crippen LogP contribution in [-0.2, 0) is 16.1 Å². The fourth-order valence-electron chi connectivity index (χ4n) is 1.60. The van der Waals surface area contributed by atoms with Gasteiger partial charge >= 0.3 is 5.97 Å². The molecular formula is C12H16N4O2S2. The molecule has 0 aliphatic carbocycles. The molecule has 0 atom stereocenters. The highest BCUT2D eigenvalue weighted by atomic mass is 32.2. The summed E-state index contributed by atoms with van der Waals surface area (Å²) < 4.78 is 7.30. The average Bonchev–Trinajstić information content (AvgIpc) is 3.04. The van der Waals surface area contributed by atoms with Crippen LogP contribution < -0.4 is 0 Å². The van der Waals surface area contributed by atoms with Gasteiger partial charge in [0.05, 0.1) is 12.9 Å². The van der Waals surface area contributed by atoms with E-state index in [2.05, 4.69) is 27.0 Å². The predicted molar refractivity (Wildman–Crippen MR) is 78.9 cm³/mol. The zero-order valence-corrected chi connectivity index (χ0v) is 13.3. The van der Waals surface area contributed by atoms with Gasteiger partial charge in [-0.05, 0) is 19.4 Å². The molecule has 0 saturated heterocycles. The van der Waals surface area contributed by atoms with Gasteiger partial charge in [-0.25, -0.2) is 0 Å². The molecule has 0 bridgehead atoms. The standard InChI is InChI=1S/C12H16N4O2S2/c1-4-5-16-8(2)6-9(15-16)11-13-14-12(20-11)19-7-10(17)18-3/h6H,4-5,7H2,1-3H3. The number of carbonyl (C=O) groups excluding carboxylic acids is 1. The summed E-state index contributed by atoms with van der Waals surface area (Å²) in [5.41, 5.74) is 1.94. The van der Waals surface area contributed by atoms with Crippen molar-refractivity contribution < 1.29 is 9.53 Å². The molecule has 0 aliphatic heterocycles. The van der Waals surface area contributed by atoms with Crippen molar-refractivity contribution in [2.75, 3.05) is 12.9 Å². The summed E-state index contributed by atoms with van der Waals surface area (Å²) in [5.74, 6) is -0.0242. The van der Waals surface area contributed by atoms with Crippen molar-refractivity contribution in [3.05, 3.63) is 11.8 Å². The summed E-state index contributed by atoms with van der Waals surface area (Å²) in [4.78, 5) is 11.1. The van der Waals surface area contributed by atoms with Crippen LogP contribution in [0.25, 0.3) is 10.7 Å². The number of nitrogens with zero attached hydrogens (tertiary/aromatic N) is 4. The highest BCUT2D eigenvalue weighted by molar-refractivity contribution is 8.01. The molecule has 2 heterocycles. The lowest BCUT2D eigenvalue weighted by Gasteiger charge is -1.99. The van der Waals surface area contributed by atoms with Gasteiger partial charge in [0.15, 0.2) is 9.35 Å².